The summed E-state index contributed by atoms with van der Waals surface area (Å²) in [6, 6.07) is 6.38. The second-order valence-corrected chi connectivity index (χ2v) is 2.68. The highest BCUT2D eigenvalue weighted by Gasteiger charge is 2.12. The molecule has 0 fully saturated rings. The first-order valence-electron chi connectivity index (χ1n) is 3.48. The van der Waals surface area contributed by atoms with Crippen LogP contribution in [0.1, 0.15) is 5.56 Å². The summed E-state index contributed by atoms with van der Waals surface area (Å²) in [4.78, 5) is 9.43. The van der Waals surface area contributed by atoms with Gasteiger partial charge in [-0.1, -0.05) is 0 Å². The molecule has 1 rings (SSSR count). The number of nitrogens with zero attached hydrogens (tertiary/aromatic N) is 1. The van der Waals surface area contributed by atoms with Gasteiger partial charge in [-0.3, -0.25) is 10.1 Å². The lowest BCUT2D eigenvalue weighted by Gasteiger charge is -1.99. The van der Waals surface area contributed by atoms with Gasteiger partial charge in [-0.2, -0.15) is 0 Å². The Balaban J connectivity index is 2.92. The van der Waals surface area contributed by atoms with Gasteiger partial charge in [0.15, 0.2) is 0 Å². The molecule has 0 aliphatic rings. The molecule has 0 aromatic heterocycles. The summed E-state index contributed by atoms with van der Waals surface area (Å²) in [5, 5.41) is 10.3. The summed E-state index contributed by atoms with van der Waals surface area (Å²) in [5.41, 5.74) is 0.417. The van der Waals surface area contributed by atoms with Gasteiger partial charge in [-0.25, -0.2) is 0 Å². The lowest BCUT2D eigenvalue weighted by atomic mass is 10.2. The van der Waals surface area contributed by atoms with Crippen molar-refractivity contribution in [1.82, 2.24) is 0 Å². The van der Waals surface area contributed by atoms with Crippen molar-refractivity contribution in [2.24, 2.45) is 0 Å². The van der Waals surface area contributed by atoms with Crippen molar-refractivity contribution in [3.8, 4) is 5.75 Å². The molecule has 0 spiro atoms. The van der Waals surface area contributed by atoms with E-state index in [0.717, 1.165) is 0 Å². The Morgan fingerprint density at radius 2 is 2.00 bits per heavy atom. The van der Waals surface area contributed by atoms with E-state index >= 15 is 0 Å². The van der Waals surface area contributed by atoms with Crippen LogP contribution in [0.2, 0.25) is 0 Å². The molecule has 0 heterocycles. The molecular formula is C8H7NO3S. The fourth-order valence-corrected chi connectivity index (χ4v) is 0.975. The molecule has 4 nitrogen and oxygen atoms in total. The van der Waals surface area contributed by atoms with E-state index in [0.29, 0.717) is 11.3 Å². The maximum absolute atomic E-state index is 10.3. The van der Waals surface area contributed by atoms with Crippen LogP contribution in [-0.4, -0.2) is 17.0 Å². The van der Waals surface area contributed by atoms with Crippen LogP contribution in [0.5, 0.6) is 5.75 Å². The van der Waals surface area contributed by atoms with E-state index in [9.17, 15) is 10.1 Å². The average Bonchev–Trinajstić information content (AvgIpc) is 2.17. The van der Waals surface area contributed by atoms with Gasteiger partial charge in [-0.05, 0) is 24.3 Å². The third kappa shape index (κ3) is 2.22. The van der Waals surface area contributed by atoms with E-state index in [1.807, 2.05) is 0 Å². The topological polar surface area (TPSA) is 52.4 Å². The van der Waals surface area contributed by atoms with E-state index in [4.69, 9.17) is 4.74 Å². The van der Waals surface area contributed by atoms with Gasteiger partial charge >= 0.3 is 4.99 Å². The molecule has 5 heteroatoms. The Hall–Kier alpha value is -1.49. The third-order valence-electron chi connectivity index (χ3n) is 1.50. The summed E-state index contributed by atoms with van der Waals surface area (Å²) in [5.74, 6) is 0.648. The van der Waals surface area contributed by atoms with E-state index in [1.165, 1.54) is 7.11 Å². The monoisotopic (exact) mass is 197 g/mol. The first-order chi connectivity index (χ1) is 6.15. The molecule has 0 unspecified atom stereocenters. The number of hydrogen-bond acceptors (Lipinski definition) is 4. The van der Waals surface area contributed by atoms with Gasteiger partial charge in [0.1, 0.15) is 5.75 Å². The number of benzene rings is 1. The van der Waals surface area contributed by atoms with E-state index in [-0.39, 0.29) is 4.99 Å². The zero-order chi connectivity index (χ0) is 9.84. The molecule has 1 aromatic rings. The van der Waals surface area contributed by atoms with Crippen molar-refractivity contribution in [2.45, 2.75) is 0 Å². The largest absolute Gasteiger partial charge is 0.497 e. The first kappa shape index (κ1) is 9.60. The minimum Gasteiger partial charge on any atom is -0.497 e. The van der Waals surface area contributed by atoms with E-state index in [1.54, 1.807) is 24.3 Å². The Morgan fingerprint density at radius 1 is 1.46 bits per heavy atom. The van der Waals surface area contributed by atoms with Crippen LogP contribution in [0.3, 0.4) is 0 Å². The lowest BCUT2D eigenvalue weighted by molar-refractivity contribution is -0.344. The van der Waals surface area contributed by atoms with Gasteiger partial charge < -0.3 is 4.74 Å². The third-order valence-corrected chi connectivity index (χ3v) is 1.89. The molecule has 68 valence electrons. The number of nitro groups is 1. The molecule has 0 bridgehead atoms. The molecule has 0 aliphatic carbocycles. The minimum atomic E-state index is -0.586. The van der Waals surface area contributed by atoms with Crippen molar-refractivity contribution < 1.29 is 9.66 Å². The Morgan fingerprint density at radius 3 is 2.38 bits per heavy atom. The molecule has 0 N–H and O–H groups in total. The molecule has 0 amide bonds. The Labute approximate surface area is 80.3 Å². The first-order valence-corrected chi connectivity index (χ1v) is 3.88. The predicted octanol–water partition coefficient (Wildman–Crippen LogP) is 1.65. The highest BCUT2D eigenvalue weighted by Crippen LogP contribution is 2.12. The zero-order valence-electron chi connectivity index (χ0n) is 6.89. The summed E-state index contributed by atoms with van der Waals surface area (Å²) >= 11 is 4.58. The molecule has 1 aromatic carbocycles. The molecule has 0 saturated heterocycles. The molecule has 13 heavy (non-hydrogen) atoms. The lowest BCUT2D eigenvalue weighted by Crippen LogP contribution is -2.09. The minimum absolute atomic E-state index is 0.275. The standard InChI is InChI=1S/C8H7NO3S/c1-12-7-4-2-6(3-5-7)8(13)9(10)11/h2-5H,1H3. The van der Waals surface area contributed by atoms with E-state index in [2.05, 4.69) is 12.2 Å². The van der Waals surface area contributed by atoms with Crippen LogP contribution in [0, 0.1) is 10.1 Å². The second-order valence-electron chi connectivity index (χ2n) is 2.29. The fraction of sp³-hybridized carbons (Fsp3) is 0.125. The van der Waals surface area contributed by atoms with Crippen molar-refractivity contribution in [1.29, 1.82) is 0 Å². The number of ether oxygens (including phenoxy) is 1. The van der Waals surface area contributed by atoms with Gasteiger partial charge in [0, 0.05) is 12.2 Å². The SMILES string of the molecule is COc1ccc(C(=S)[N+](=O)[O-])cc1. The van der Waals surface area contributed by atoms with Crippen LogP contribution in [0.25, 0.3) is 0 Å². The molecule has 0 saturated carbocycles. The highest BCUT2D eigenvalue weighted by molar-refractivity contribution is 7.80. The van der Waals surface area contributed by atoms with Gasteiger partial charge in [0.2, 0.25) is 0 Å². The fourth-order valence-electron chi connectivity index (χ4n) is 0.839. The summed E-state index contributed by atoms with van der Waals surface area (Å²) < 4.78 is 4.90. The maximum Gasteiger partial charge on any atom is 0.341 e. The quantitative estimate of drug-likeness (QED) is 0.411. The predicted molar refractivity (Wildman–Crippen MR) is 51.7 cm³/mol. The maximum atomic E-state index is 10.3. The van der Waals surface area contributed by atoms with Crippen LogP contribution in [0.15, 0.2) is 24.3 Å². The summed E-state index contributed by atoms with van der Waals surface area (Å²) in [7, 11) is 1.53. The van der Waals surface area contributed by atoms with Crippen LogP contribution in [-0.2, 0) is 0 Å². The average molecular weight is 197 g/mol. The summed E-state index contributed by atoms with van der Waals surface area (Å²) in [6.45, 7) is 0. The number of thiocarbonyl (C=S) groups is 1. The van der Waals surface area contributed by atoms with Crippen LogP contribution in [0.4, 0.5) is 0 Å². The van der Waals surface area contributed by atoms with Crippen molar-refractivity contribution >= 4 is 17.2 Å². The number of methoxy groups -OCH3 is 1. The normalized spacial score (nSPS) is 9.31. The highest BCUT2D eigenvalue weighted by atomic mass is 32.1. The van der Waals surface area contributed by atoms with Gasteiger partial charge in [-0.15, -0.1) is 0 Å². The van der Waals surface area contributed by atoms with E-state index < -0.39 is 4.92 Å². The molecular weight excluding hydrogens is 190 g/mol. The smallest absolute Gasteiger partial charge is 0.341 e. The molecule has 0 atom stereocenters. The Kier molecular flexibility index (Phi) is 2.92. The van der Waals surface area contributed by atoms with Crippen molar-refractivity contribution in [3.63, 3.8) is 0 Å². The zero-order valence-corrected chi connectivity index (χ0v) is 7.71. The van der Waals surface area contributed by atoms with Crippen LogP contribution < -0.4 is 4.74 Å². The van der Waals surface area contributed by atoms with Crippen LogP contribution >= 0.6 is 12.2 Å². The van der Waals surface area contributed by atoms with Gasteiger partial charge in [0.05, 0.1) is 17.6 Å². The van der Waals surface area contributed by atoms with Crippen molar-refractivity contribution in [2.75, 3.05) is 7.11 Å². The summed E-state index contributed by atoms with van der Waals surface area (Å²) in [6.07, 6.45) is 0. The second kappa shape index (κ2) is 3.95. The number of hydrogen-bond donors (Lipinski definition) is 0. The van der Waals surface area contributed by atoms with Crippen molar-refractivity contribution in [3.05, 3.63) is 39.9 Å². The molecule has 0 radical (unpaired) electrons. The van der Waals surface area contributed by atoms with Gasteiger partial charge in [0.25, 0.3) is 0 Å². The molecule has 0 aliphatic heterocycles. The number of rotatable bonds is 2. The Bertz CT molecular complexity index is 334.